The van der Waals surface area contributed by atoms with Gasteiger partial charge < -0.3 is 15.3 Å². The summed E-state index contributed by atoms with van der Waals surface area (Å²) in [4.78, 5) is 19.3. The smallest absolute Gasteiger partial charge is 0.391 e. The molecule has 0 spiro atoms. The van der Waals surface area contributed by atoms with Gasteiger partial charge in [-0.2, -0.15) is 13.2 Å². The van der Waals surface area contributed by atoms with E-state index in [4.69, 9.17) is 0 Å². The van der Waals surface area contributed by atoms with E-state index in [1.807, 2.05) is 25.4 Å². The highest BCUT2D eigenvalue weighted by Gasteiger charge is 2.39. The van der Waals surface area contributed by atoms with Crippen LogP contribution < -0.4 is 5.32 Å². The van der Waals surface area contributed by atoms with Gasteiger partial charge in [-0.05, 0) is 55.3 Å². The van der Waals surface area contributed by atoms with Gasteiger partial charge in [-0.1, -0.05) is 46.5 Å². The van der Waals surface area contributed by atoms with Crippen molar-refractivity contribution in [3.05, 3.63) is 69.5 Å². The summed E-state index contributed by atoms with van der Waals surface area (Å²) in [5.74, 6) is -0.575. The highest BCUT2D eigenvalue weighted by atomic mass is 79.9. The molecule has 2 N–H and O–H groups in total. The molecule has 0 bridgehead atoms. The van der Waals surface area contributed by atoms with Gasteiger partial charge in [0.15, 0.2) is 0 Å². The molecule has 1 aromatic heterocycles. The molecule has 37 heavy (non-hydrogen) atoms. The van der Waals surface area contributed by atoms with Crippen molar-refractivity contribution in [2.75, 3.05) is 18.4 Å². The zero-order valence-electron chi connectivity index (χ0n) is 20.5. The first kappa shape index (κ1) is 26.0. The van der Waals surface area contributed by atoms with Crippen molar-refractivity contribution in [2.45, 2.75) is 63.3 Å². The number of hydrogen-bond acceptors (Lipinski definition) is 4. The zero-order valence-corrected chi connectivity index (χ0v) is 22.1. The first-order valence-corrected chi connectivity index (χ1v) is 13.4. The van der Waals surface area contributed by atoms with Crippen molar-refractivity contribution in [1.82, 2.24) is 9.88 Å². The summed E-state index contributed by atoms with van der Waals surface area (Å²) in [7, 11) is 0. The number of aromatic nitrogens is 1. The number of anilines is 1. The van der Waals surface area contributed by atoms with Crippen molar-refractivity contribution in [1.29, 1.82) is 0 Å². The number of nitrogens with one attached hydrogen (secondary N) is 1. The average Bonchev–Trinajstić information content (AvgIpc) is 3.29. The fourth-order valence-electron chi connectivity index (χ4n) is 5.73. The van der Waals surface area contributed by atoms with E-state index < -0.39 is 23.8 Å². The number of amides is 1. The Bertz CT molecular complexity index is 1330. The molecule has 1 saturated carbocycles. The van der Waals surface area contributed by atoms with Crippen molar-refractivity contribution < 1.29 is 23.1 Å². The lowest BCUT2D eigenvalue weighted by Crippen LogP contribution is -2.35. The second kappa shape index (κ2) is 10.3. The number of carbonyl (C=O) groups excluding carboxylic acids is 1. The molecule has 196 valence electrons. The maximum atomic E-state index is 14.3. The van der Waals surface area contributed by atoms with Gasteiger partial charge in [-0.15, -0.1) is 0 Å². The minimum atomic E-state index is -4.66. The van der Waals surface area contributed by atoms with Gasteiger partial charge in [0.2, 0.25) is 0 Å². The van der Waals surface area contributed by atoms with E-state index in [0.717, 1.165) is 47.2 Å². The third-order valence-electron chi connectivity index (χ3n) is 7.53. The molecule has 3 aromatic rings. The quantitative estimate of drug-likeness (QED) is 0.364. The Labute approximate surface area is 222 Å². The molecule has 1 saturated heterocycles. The van der Waals surface area contributed by atoms with Gasteiger partial charge >= 0.3 is 6.18 Å². The van der Waals surface area contributed by atoms with Gasteiger partial charge in [0.25, 0.3) is 5.91 Å². The van der Waals surface area contributed by atoms with Crippen molar-refractivity contribution in [3.8, 4) is 0 Å². The van der Waals surface area contributed by atoms with E-state index in [9.17, 15) is 23.1 Å². The molecule has 0 radical (unpaired) electrons. The summed E-state index contributed by atoms with van der Waals surface area (Å²) in [6.07, 6.45) is 2.06. The minimum absolute atomic E-state index is 0.0354. The summed E-state index contributed by atoms with van der Waals surface area (Å²) in [6, 6.07) is 8.33. The largest absolute Gasteiger partial charge is 0.418 e. The number of aliphatic hydroxyl groups is 1. The number of alkyl halides is 3. The molecule has 2 heterocycles. The molecule has 1 aliphatic carbocycles. The molecule has 2 aliphatic rings. The van der Waals surface area contributed by atoms with E-state index in [1.165, 1.54) is 11.0 Å². The van der Waals surface area contributed by atoms with Gasteiger partial charge in [-0.3, -0.25) is 9.78 Å². The van der Waals surface area contributed by atoms with Crippen LogP contribution in [-0.4, -0.2) is 46.1 Å². The van der Waals surface area contributed by atoms with Crippen LogP contribution in [0.5, 0.6) is 0 Å². The lowest BCUT2D eigenvalue weighted by molar-refractivity contribution is -0.137. The van der Waals surface area contributed by atoms with E-state index in [2.05, 4.69) is 38.4 Å². The molecule has 2 fully saturated rings. The molecule has 1 amide bonds. The third-order valence-corrected chi connectivity index (χ3v) is 7.99. The molecule has 5 rings (SSSR count). The van der Waals surface area contributed by atoms with E-state index in [-0.39, 0.29) is 34.2 Å². The van der Waals surface area contributed by atoms with E-state index >= 15 is 0 Å². The van der Waals surface area contributed by atoms with Gasteiger partial charge in [-0.25, -0.2) is 0 Å². The highest BCUT2D eigenvalue weighted by molar-refractivity contribution is 9.10. The number of fused-ring (bicyclic) bond motifs is 1. The standard InChI is InChI=1S/C28H29BrF3N3O2/c1-16-6-7-20-17(10-16)13-33-14-23(20)21-4-2-3-5-25(21)34-26-22(27(37)35-9-8-19(36)15-35)11-18(29)12-24(26)28(30,31)32/h6-7,10-14,19,21,25,34,36H,2-5,8-9,15H2,1H3. The molecule has 2 aromatic carbocycles. The number of nitrogens with zero attached hydrogens (tertiary/aromatic N) is 2. The maximum Gasteiger partial charge on any atom is 0.418 e. The minimum Gasteiger partial charge on any atom is -0.391 e. The van der Waals surface area contributed by atoms with Crippen LogP contribution >= 0.6 is 15.9 Å². The van der Waals surface area contributed by atoms with Crippen LogP contribution in [0, 0.1) is 6.92 Å². The lowest BCUT2D eigenvalue weighted by Gasteiger charge is -2.35. The second-order valence-corrected chi connectivity index (χ2v) is 11.1. The normalized spacial score (nSPS) is 22.4. The second-order valence-electron chi connectivity index (χ2n) is 10.2. The Morgan fingerprint density at radius 3 is 2.65 bits per heavy atom. The van der Waals surface area contributed by atoms with Crippen LogP contribution in [-0.2, 0) is 6.18 Å². The fourth-order valence-corrected chi connectivity index (χ4v) is 6.19. The number of halogens is 4. The SMILES string of the molecule is Cc1ccc2c(C3CCCCC3Nc3c(C(=O)N4CCC(O)C4)cc(Br)cc3C(F)(F)F)cncc2c1. The van der Waals surface area contributed by atoms with Crippen LogP contribution in [0.25, 0.3) is 10.8 Å². The number of aliphatic hydroxyl groups excluding tert-OH is 1. The lowest BCUT2D eigenvalue weighted by atomic mass is 9.78. The number of benzene rings is 2. The first-order valence-electron chi connectivity index (χ1n) is 12.6. The molecular formula is C28H29BrF3N3O2. The predicted molar refractivity (Wildman–Crippen MR) is 141 cm³/mol. The number of pyridine rings is 1. The van der Waals surface area contributed by atoms with Crippen molar-refractivity contribution in [3.63, 3.8) is 0 Å². The third kappa shape index (κ3) is 5.34. The van der Waals surface area contributed by atoms with Gasteiger partial charge in [0.1, 0.15) is 0 Å². The Kier molecular flexibility index (Phi) is 7.20. The summed E-state index contributed by atoms with van der Waals surface area (Å²) in [6.45, 7) is 2.43. The van der Waals surface area contributed by atoms with Crippen molar-refractivity contribution in [2.24, 2.45) is 0 Å². The fraction of sp³-hybridized carbons (Fsp3) is 0.429. The first-order chi connectivity index (χ1) is 17.6. The zero-order chi connectivity index (χ0) is 26.3. The highest BCUT2D eigenvalue weighted by Crippen LogP contribution is 2.43. The number of carbonyl (C=O) groups is 1. The summed E-state index contributed by atoms with van der Waals surface area (Å²) in [5, 5.41) is 15.2. The van der Waals surface area contributed by atoms with E-state index in [1.54, 1.807) is 0 Å². The number of aryl methyl sites for hydroxylation is 1. The number of β-amino-alcohol motifs (C(OH)–C–C–N with tert-alkyl or cyclic N) is 1. The monoisotopic (exact) mass is 575 g/mol. The number of hydrogen-bond donors (Lipinski definition) is 2. The Balaban J connectivity index is 1.58. The van der Waals surface area contributed by atoms with Crippen molar-refractivity contribution >= 4 is 38.3 Å². The predicted octanol–water partition coefficient (Wildman–Crippen LogP) is 6.67. The summed E-state index contributed by atoms with van der Waals surface area (Å²) in [5.41, 5.74) is 1.02. The van der Waals surface area contributed by atoms with Crippen LogP contribution in [0.2, 0.25) is 0 Å². The maximum absolute atomic E-state index is 14.3. The Morgan fingerprint density at radius 2 is 1.92 bits per heavy atom. The van der Waals surface area contributed by atoms with E-state index in [0.29, 0.717) is 19.4 Å². The van der Waals surface area contributed by atoms with Crippen LogP contribution in [0.15, 0.2) is 47.2 Å². The van der Waals surface area contributed by atoms with Crippen LogP contribution in [0.4, 0.5) is 18.9 Å². The van der Waals surface area contributed by atoms with Crippen LogP contribution in [0.3, 0.4) is 0 Å². The molecule has 3 atom stereocenters. The molecule has 5 nitrogen and oxygen atoms in total. The number of rotatable bonds is 4. The number of likely N-dealkylation sites (tertiary alicyclic amines) is 1. The Morgan fingerprint density at radius 1 is 1.14 bits per heavy atom. The summed E-state index contributed by atoms with van der Waals surface area (Å²) < 4.78 is 43.1. The summed E-state index contributed by atoms with van der Waals surface area (Å²) >= 11 is 3.18. The van der Waals surface area contributed by atoms with Crippen LogP contribution in [0.1, 0.15) is 65.1 Å². The Hall–Kier alpha value is -2.65. The average molecular weight is 576 g/mol. The topological polar surface area (TPSA) is 65.5 Å². The van der Waals surface area contributed by atoms with Gasteiger partial charge in [0.05, 0.1) is 22.9 Å². The molecule has 9 heteroatoms. The molecule has 3 unspecified atom stereocenters. The molecule has 1 aliphatic heterocycles. The molecular weight excluding hydrogens is 547 g/mol. The van der Waals surface area contributed by atoms with Gasteiger partial charge in [0, 0.05) is 47.3 Å².